The summed E-state index contributed by atoms with van der Waals surface area (Å²) in [5, 5.41) is 3.37. The second-order valence-corrected chi connectivity index (χ2v) is 4.35. The Morgan fingerprint density at radius 3 is 2.82 bits per heavy atom. The Morgan fingerprint density at radius 2 is 2.06 bits per heavy atom. The topological polar surface area (TPSA) is 12.0 Å². The van der Waals surface area contributed by atoms with Crippen LogP contribution in [0.1, 0.15) is 31.2 Å². The van der Waals surface area contributed by atoms with Crippen LogP contribution in [0.15, 0.2) is 42.0 Å². The second-order valence-electron chi connectivity index (χ2n) is 4.35. The van der Waals surface area contributed by atoms with Crippen molar-refractivity contribution in [1.29, 1.82) is 0 Å². The maximum absolute atomic E-state index is 3.37. The number of nitrogens with one attached hydrogen (secondary N) is 1. The Bertz CT molecular complexity index is 420. The smallest absolute Gasteiger partial charge is 0.0580 e. The molecule has 1 aliphatic carbocycles. The minimum absolute atomic E-state index is 0.780. The molecule has 0 fully saturated rings. The van der Waals surface area contributed by atoms with Crippen LogP contribution in [0.3, 0.4) is 0 Å². The van der Waals surface area contributed by atoms with Crippen LogP contribution >= 0.6 is 0 Å². The van der Waals surface area contributed by atoms with E-state index < -0.39 is 0 Å². The summed E-state index contributed by atoms with van der Waals surface area (Å²) in [4.78, 5) is 0. The van der Waals surface area contributed by atoms with E-state index in [1.807, 2.05) is 30.3 Å². The zero-order valence-corrected chi connectivity index (χ0v) is 10.2. The van der Waals surface area contributed by atoms with Crippen LogP contribution in [0.25, 0.3) is 0 Å². The summed E-state index contributed by atoms with van der Waals surface area (Å²) in [6.45, 7) is 1.83. The molecule has 0 amide bonds. The first-order valence-electron chi connectivity index (χ1n) is 6.38. The van der Waals surface area contributed by atoms with Crippen molar-refractivity contribution in [2.45, 2.75) is 25.7 Å². The van der Waals surface area contributed by atoms with Crippen molar-refractivity contribution in [2.24, 2.45) is 0 Å². The summed E-state index contributed by atoms with van der Waals surface area (Å²) in [6, 6.07) is 10.1. The average Bonchev–Trinajstić information content (AvgIpc) is 2.88. The van der Waals surface area contributed by atoms with Crippen molar-refractivity contribution >= 4 is 0 Å². The summed E-state index contributed by atoms with van der Waals surface area (Å²) in [6.07, 6.45) is 7.51. The molecule has 1 N–H and O–H groups in total. The molecule has 0 radical (unpaired) electrons. The molecule has 0 heterocycles. The monoisotopic (exact) mass is 225 g/mol. The molecule has 17 heavy (non-hydrogen) atoms. The predicted octanol–water partition coefficient (Wildman–Crippen LogP) is 3.13. The van der Waals surface area contributed by atoms with Gasteiger partial charge in [-0.2, -0.15) is 0 Å². The fraction of sp³-hybridized carbons (Fsp3) is 0.375. The normalized spacial score (nSPS) is 14.0. The molecule has 1 aliphatic rings. The standard InChI is InChI=1S/C16H19N/c1-2-7-15(8-3-1)11-6-13-17-14-12-16-9-4-5-10-16/h1-3,7-9,17H,4-5,10,12-14H2. The molecular formula is C16H19N. The number of allylic oxidation sites excluding steroid dienone is 1. The van der Waals surface area contributed by atoms with E-state index in [4.69, 9.17) is 0 Å². The van der Waals surface area contributed by atoms with Crippen molar-refractivity contribution in [2.75, 3.05) is 13.1 Å². The Hall–Kier alpha value is -1.52. The largest absolute Gasteiger partial charge is 0.306 e. The molecular weight excluding hydrogens is 206 g/mol. The van der Waals surface area contributed by atoms with Crippen LogP contribution in [0.5, 0.6) is 0 Å². The van der Waals surface area contributed by atoms with E-state index in [2.05, 4.69) is 23.2 Å². The van der Waals surface area contributed by atoms with E-state index in [1.54, 1.807) is 5.57 Å². The molecule has 0 unspecified atom stereocenters. The Kier molecular flexibility index (Phi) is 4.87. The van der Waals surface area contributed by atoms with Gasteiger partial charge in [0.15, 0.2) is 0 Å². The van der Waals surface area contributed by atoms with Crippen molar-refractivity contribution < 1.29 is 0 Å². The first-order chi connectivity index (χ1) is 8.45. The van der Waals surface area contributed by atoms with Crippen molar-refractivity contribution in [3.05, 3.63) is 47.5 Å². The van der Waals surface area contributed by atoms with Crippen molar-refractivity contribution in [1.82, 2.24) is 5.32 Å². The lowest BCUT2D eigenvalue weighted by Crippen LogP contribution is -2.15. The lowest BCUT2D eigenvalue weighted by Gasteiger charge is -2.01. The molecule has 0 saturated heterocycles. The summed E-state index contributed by atoms with van der Waals surface area (Å²) in [7, 11) is 0. The molecule has 0 bridgehead atoms. The zero-order valence-electron chi connectivity index (χ0n) is 10.2. The first-order valence-corrected chi connectivity index (χ1v) is 6.38. The zero-order chi connectivity index (χ0) is 11.8. The highest BCUT2D eigenvalue weighted by atomic mass is 14.8. The predicted molar refractivity (Wildman–Crippen MR) is 72.7 cm³/mol. The Labute approximate surface area is 104 Å². The molecule has 0 spiro atoms. The second kappa shape index (κ2) is 6.93. The van der Waals surface area contributed by atoms with E-state index in [0.717, 1.165) is 18.7 Å². The van der Waals surface area contributed by atoms with E-state index in [9.17, 15) is 0 Å². The van der Waals surface area contributed by atoms with Crippen molar-refractivity contribution in [3.8, 4) is 11.8 Å². The Balaban J connectivity index is 1.61. The van der Waals surface area contributed by atoms with Gasteiger partial charge < -0.3 is 5.32 Å². The minimum atomic E-state index is 0.780. The molecule has 1 aromatic carbocycles. The highest BCUT2D eigenvalue weighted by molar-refractivity contribution is 5.33. The van der Waals surface area contributed by atoms with Crippen LogP contribution in [0, 0.1) is 11.8 Å². The van der Waals surface area contributed by atoms with Gasteiger partial charge in [-0.15, -0.1) is 0 Å². The molecule has 0 aliphatic heterocycles. The highest BCUT2D eigenvalue weighted by Gasteiger charge is 2.02. The van der Waals surface area contributed by atoms with E-state index in [1.165, 1.54) is 25.7 Å². The third-order valence-corrected chi connectivity index (χ3v) is 2.98. The van der Waals surface area contributed by atoms with Gasteiger partial charge in [0.05, 0.1) is 6.54 Å². The maximum atomic E-state index is 3.37. The van der Waals surface area contributed by atoms with Gasteiger partial charge in [-0.1, -0.05) is 41.7 Å². The molecule has 1 heteroatoms. The molecule has 0 saturated carbocycles. The third-order valence-electron chi connectivity index (χ3n) is 2.98. The molecule has 88 valence electrons. The summed E-state index contributed by atoms with van der Waals surface area (Å²) < 4.78 is 0. The summed E-state index contributed by atoms with van der Waals surface area (Å²) in [5.74, 6) is 6.29. The van der Waals surface area contributed by atoms with Crippen LogP contribution < -0.4 is 5.32 Å². The van der Waals surface area contributed by atoms with Crippen LogP contribution in [0.2, 0.25) is 0 Å². The maximum Gasteiger partial charge on any atom is 0.0580 e. The first kappa shape index (κ1) is 12.0. The quantitative estimate of drug-likeness (QED) is 0.471. The lowest BCUT2D eigenvalue weighted by molar-refractivity contribution is 0.732. The summed E-state index contributed by atoms with van der Waals surface area (Å²) in [5.41, 5.74) is 2.71. The van der Waals surface area contributed by atoms with Gasteiger partial charge in [0.25, 0.3) is 0 Å². The third kappa shape index (κ3) is 4.46. The van der Waals surface area contributed by atoms with Gasteiger partial charge in [-0.3, -0.25) is 0 Å². The van der Waals surface area contributed by atoms with E-state index >= 15 is 0 Å². The van der Waals surface area contributed by atoms with Crippen LogP contribution in [-0.2, 0) is 0 Å². The average molecular weight is 225 g/mol. The number of rotatable bonds is 4. The van der Waals surface area contributed by atoms with Gasteiger partial charge in [-0.25, -0.2) is 0 Å². The number of hydrogen-bond acceptors (Lipinski definition) is 1. The molecule has 2 rings (SSSR count). The van der Waals surface area contributed by atoms with Crippen molar-refractivity contribution in [3.63, 3.8) is 0 Å². The highest BCUT2D eigenvalue weighted by Crippen LogP contribution is 2.19. The number of benzene rings is 1. The van der Waals surface area contributed by atoms with Gasteiger partial charge in [0.1, 0.15) is 0 Å². The fourth-order valence-corrected chi connectivity index (χ4v) is 2.03. The molecule has 1 aromatic rings. The van der Waals surface area contributed by atoms with Crippen LogP contribution in [0.4, 0.5) is 0 Å². The fourth-order valence-electron chi connectivity index (χ4n) is 2.03. The van der Waals surface area contributed by atoms with E-state index in [-0.39, 0.29) is 0 Å². The SMILES string of the molecule is C(#Cc1ccccc1)CNCCC1=CCCC1. The van der Waals surface area contributed by atoms with Gasteiger partial charge in [0.2, 0.25) is 0 Å². The lowest BCUT2D eigenvalue weighted by atomic mass is 10.2. The van der Waals surface area contributed by atoms with Gasteiger partial charge in [-0.05, 0) is 44.4 Å². The van der Waals surface area contributed by atoms with Gasteiger partial charge in [0, 0.05) is 5.56 Å². The van der Waals surface area contributed by atoms with E-state index in [0.29, 0.717) is 0 Å². The van der Waals surface area contributed by atoms with Crippen LogP contribution in [-0.4, -0.2) is 13.1 Å². The molecule has 1 nitrogen and oxygen atoms in total. The van der Waals surface area contributed by atoms with Gasteiger partial charge >= 0.3 is 0 Å². The molecule has 0 atom stereocenters. The summed E-state index contributed by atoms with van der Waals surface area (Å²) >= 11 is 0. The minimum Gasteiger partial charge on any atom is -0.306 e. The molecule has 0 aromatic heterocycles. The number of hydrogen-bond donors (Lipinski definition) is 1. The Morgan fingerprint density at radius 1 is 1.18 bits per heavy atom.